The van der Waals surface area contributed by atoms with Crippen LogP contribution in [-0.2, 0) is 14.3 Å². The van der Waals surface area contributed by atoms with Crippen molar-refractivity contribution >= 4 is 18.0 Å². The summed E-state index contributed by atoms with van der Waals surface area (Å²) < 4.78 is 5.62. The van der Waals surface area contributed by atoms with Gasteiger partial charge in [-0.05, 0) is 54.9 Å². The van der Waals surface area contributed by atoms with Crippen LogP contribution in [0, 0.1) is 0 Å². The van der Waals surface area contributed by atoms with Gasteiger partial charge in [-0.15, -0.1) is 0 Å². The number of amides is 2. The first-order valence-electron chi connectivity index (χ1n) is 12.1. The van der Waals surface area contributed by atoms with Crippen molar-refractivity contribution in [1.29, 1.82) is 0 Å². The van der Waals surface area contributed by atoms with Crippen LogP contribution in [0.15, 0.2) is 48.5 Å². The third-order valence-electron chi connectivity index (χ3n) is 6.87. The molecular formula is C27H32N2O5. The molecule has 7 nitrogen and oxygen atoms in total. The van der Waals surface area contributed by atoms with Gasteiger partial charge in [-0.1, -0.05) is 55.5 Å². The first kappa shape index (κ1) is 23.8. The molecule has 1 fully saturated rings. The largest absolute Gasteiger partial charge is 0.480 e. The van der Waals surface area contributed by atoms with Crippen LogP contribution >= 0.6 is 0 Å². The van der Waals surface area contributed by atoms with Crippen molar-refractivity contribution < 1.29 is 24.2 Å². The number of alkyl carbamates (subject to hydrolysis) is 1. The number of nitrogens with one attached hydrogen (secondary N) is 1. The fourth-order valence-corrected chi connectivity index (χ4v) is 4.82. The summed E-state index contributed by atoms with van der Waals surface area (Å²) in [6.45, 7) is 3.73. The Morgan fingerprint density at radius 3 is 2.18 bits per heavy atom. The molecule has 0 spiro atoms. The molecule has 2 aliphatic rings. The Morgan fingerprint density at radius 2 is 1.65 bits per heavy atom. The van der Waals surface area contributed by atoms with Gasteiger partial charge in [0.15, 0.2) is 0 Å². The zero-order valence-electron chi connectivity index (χ0n) is 19.7. The second-order valence-electron chi connectivity index (χ2n) is 9.16. The van der Waals surface area contributed by atoms with E-state index in [2.05, 4.69) is 29.6 Å². The lowest BCUT2D eigenvalue weighted by Crippen LogP contribution is -2.45. The van der Waals surface area contributed by atoms with Gasteiger partial charge in [-0.3, -0.25) is 4.79 Å². The summed E-state index contributed by atoms with van der Waals surface area (Å²) in [5.74, 6) is -1.18. The monoisotopic (exact) mass is 464 g/mol. The Hall–Kier alpha value is -3.35. The van der Waals surface area contributed by atoms with Gasteiger partial charge in [-0.25, -0.2) is 9.59 Å². The van der Waals surface area contributed by atoms with Crippen molar-refractivity contribution in [2.24, 2.45) is 0 Å². The van der Waals surface area contributed by atoms with E-state index < -0.39 is 18.1 Å². The molecule has 2 atom stereocenters. The molecule has 0 radical (unpaired) electrons. The van der Waals surface area contributed by atoms with Crippen LogP contribution in [0.4, 0.5) is 4.79 Å². The van der Waals surface area contributed by atoms with Crippen LogP contribution in [0.25, 0.3) is 11.1 Å². The first-order valence-corrected chi connectivity index (χ1v) is 12.1. The van der Waals surface area contributed by atoms with Crippen molar-refractivity contribution in [3.05, 3.63) is 59.7 Å². The number of benzene rings is 2. The van der Waals surface area contributed by atoms with E-state index in [1.165, 1.54) is 16.0 Å². The number of carbonyl (C=O) groups excluding carboxylic acids is 2. The maximum atomic E-state index is 12.7. The molecule has 34 heavy (non-hydrogen) atoms. The van der Waals surface area contributed by atoms with Gasteiger partial charge in [0.1, 0.15) is 12.6 Å². The fourth-order valence-electron chi connectivity index (χ4n) is 4.82. The Balaban J connectivity index is 1.31. The van der Waals surface area contributed by atoms with E-state index in [1.54, 1.807) is 6.92 Å². The van der Waals surface area contributed by atoms with E-state index >= 15 is 0 Å². The molecule has 180 valence electrons. The molecule has 0 saturated heterocycles. The van der Waals surface area contributed by atoms with E-state index in [9.17, 15) is 19.5 Å². The molecule has 7 heteroatoms. The molecule has 2 amide bonds. The summed E-state index contributed by atoms with van der Waals surface area (Å²) >= 11 is 0. The molecule has 0 aliphatic heterocycles. The predicted molar refractivity (Wildman–Crippen MR) is 128 cm³/mol. The number of ether oxygens (including phenoxy) is 1. The van der Waals surface area contributed by atoms with Gasteiger partial charge < -0.3 is 20.1 Å². The van der Waals surface area contributed by atoms with Crippen molar-refractivity contribution in [2.75, 3.05) is 6.61 Å². The zero-order valence-corrected chi connectivity index (χ0v) is 19.7. The Morgan fingerprint density at radius 1 is 1.06 bits per heavy atom. The summed E-state index contributed by atoms with van der Waals surface area (Å²) in [7, 11) is 0. The Bertz CT molecular complexity index is 1020. The van der Waals surface area contributed by atoms with Gasteiger partial charge in [0, 0.05) is 24.4 Å². The van der Waals surface area contributed by atoms with Crippen LogP contribution in [0.3, 0.4) is 0 Å². The number of rotatable bonds is 10. The van der Waals surface area contributed by atoms with Crippen LogP contribution in [0.5, 0.6) is 0 Å². The van der Waals surface area contributed by atoms with Gasteiger partial charge >= 0.3 is 12.1 Å². The van der Waals surface area contributed by atoms with Crippen LogP contribution in [0.2, 0.25) is 0 Å². The normalized spacial score (nSPS) is 16.2. The van der Waals surface area contributed by atoms with E-state index in [-0.39, 0.29) is 36.9 Å². The highest BCUT2D eigenvalue weighted by Crippen LogP contribution is 2.44. The minimum absolute atomic E-state index is 0.00980. The highest BCUT2D eigenvalue weighted by molar-refractivity contribution is 5.84. The van der Waals surface area contributed by atoms with Gasteiger partial charge in [0.2, 0.25) is 5.91 Å². The minimum atomic E-state index is -0.996. The summed E-state index contributed by atoms with van der Waals surface area (Å²) in [5.41, 5.74) is 4.66. The lowest BCUT2D eigenvalue weighted by molar-refractivity contribution is -0.150. The van der Waals surface area contributed by atoms with Gasteiger partial charge in [0.25, 0.3) is 0 Å². The van der Waals surface area contributed by atoms with Crippen LogP contribution in [0.1, 0.15) is 63.0 Å². The van der Waals surface area contributed by atoms with Crippen molar-refractivity contribution in [3.8, 4) is 11.1 Å². The second kappa shape index (κ2) is 10.3. The van der Waals surface area contributed by atoms with E-state index in [1.807, 2.05) is 31.2 Å². The molecule has 1 saturated carbocycles. The highest BCUT2D eigenvalue weighted by atomic mass is 16.5. The van der Waals surface area contributed by atoms with E-state index in [0.29, 0.717) is 12.8 Å². The van der Waals surface area contributed by atoms with Crippen LogP contribution < -0.4 is 5.32 Å². The number of carboxylic acid groups (broad SMARTS) is 1. The SMILES string of the molecule is CCC(CCC(=O)N(C1CC1)C(C)C(=O)O)NC(=O)OCC1c2ccccc2-c2ccccc21. The van der Waals surface area contributed by atoms with E-state index in [4.69, 9.17) is 4.74 Å². The Labute approximate surface area is 200 Å². The number of fused-ring (bicyclic) bond motifs is 3. The summed E-state index contributed by atoms with van der Waals surface area (Å²) in [4.78, 5) is 38.2. The van der Waals surface area contributed by atoms with Gasteiger partial charge in [0.05, 0.1) is 0 Å². The first-order chi connectivity index (χ1) is 16.4. The lowest BCUT2D eigenvalue weighted by Gasteiger charge is -2.27. The third kappa shape index (κ3) is 5.08. The smallest absolute Gasteiger partial charge is 0.407 e. The number of hydrogen-bond acceptors (Lipinski definition) is 4. The third-order valence-corrected chi connectivity index (χ3v) is 6.87. The zero-order chi connectivity index (χ0) is 24.2. The second-order valence-corrected chi connectivity index (χ2v) is 9.16. The number of carboxylic acids is 1. The van der Waals surface area contributed by atoms with Crippen molar-refractivity contribution in [1.82, 2.24) is 10.2 Å². The standard InChI is InChI=1S/C27H32N2O5/c1-3-18(12-15-25(30)29(19-13-14-19)17(2)26(31)32)28-27(33)34-16-24-22-10-6-4-8-20(22)21-9-5-7-11-23(21)24/h4-11,17-19,24H,3,12-16H2,1-2H3,(H,28,33)(H,31,32). The number of aliphatic carboxylic acids is 1. The Kier molecular flexibility index (Phi) is 7.20. The topological polar surface area (TPSA) is 95.9 Å². The van der Waals surface area contributed by atoms with Crippen molar-refractivity contribution in [2.45, 2.75) is 70.0 Å². The van der Waals surface area contributed by atoms with Crippen molar-refractivity contribution in [3.63, 3.8) is 0 Å². The molecular weight excluding hydrogens is 432 g/mol. The minimum Gasteiger partial charge on any atom is -0.480 e. The molecule has 0 bridgehead atoms. The molecule has 2 unspecified atom stereocenters. The summed E-state index contributed by atoms with van der Waals surface area (Å²) in [6.07, 6.45) is 2.47. The summed E-state index contributed by atoms with van der Waals surface area (Å²) in [5, 5.41) is 12.2. The number of carbonyl (C=O) groups is 3. The number of hydrogen-bond donors (Lipinski definition) is 2. The maximum Gasteiger partial charge on any atom is 0.407 e. The summed E-state index contributed by atoms with van der Waals surface area (Å²) in [6, 6.07) is 15.3. The molecule has 2 aliphatic carbocycles. The highest BCUT2D eigenvalue weighted by Gasteiger charge is 2.38. The quantitative estimate of drug-likeness (QED) is 0.538. The molecule has 2 aromatic carbocycles. The predicted octanol–water partition coefficient (Wildman–Crippen LogP) is 4.55. The lowest BCUT2D eigenvalue weighted by atomic mass is 9.98. The maximum absolute atomic E-state index is 12.7. The molecule has 0 heterocycles. The molecule has 4 rings (SSSR count). The van der Waals surface area contributed by atoms with E-state index in [0.717, 1.165) is 24.0 Å². The van der Waals surface area contributed by atoms with Crippen LogP contribution in [-0.4, -0.2) is 52.7 Å². The average Bonchev–Trinajstić information content (AvgIpc) is 3.62. The van der Waals surface area contributed by atoms with Gasteiger partial charge in [-0.2, -0.15) is 0 Å². The fraction of sp³-hybridized carbons (Fsp3) is 0.444. The molecule has 2 aromatic rings. The number of nitrogens with zero attached hydrogens (tertiary/aromatic N) is 1. The molecule has 0 aromatic heterocycles. The average molecular weight is 465 g/mol. The molecule has 2 N–H and O–H groups in total.